The Bertz CT molecular complexity index is 1680. The van der Waals surface area contributed by atoms with Gasteiger partial charge in [0.05, 0.1) is 41.7 Å². The third kappa shape index (κ3) is 4.56. The molecule has 5 rings (SSSR count). The van der Waals surface area contributed by atoms with Crippen LogP contribution < -0.4 is 5.73 Å². The van der Waals surface area contributed by atoms with Crippen molar-refractivity contribution in [3.8, 4) is 28.8 Å². The molecule has 13 heteroatoms. The van der Waals surface area contributed by atoms with Crippen LogP contribution in [0, 0.1) is 24.1 Å². The summed E-state index contributed by atoms with van der Waals surface area (Å²) < 4.78 is 56.0. The molecule has 9 nitrogen and oxygen atoms in total. The fraction of sp³-hybridized carbons (Fsp3) is 0.167. The Morgan fingerprint density at radius 3 is 2.65 bits per heavy atom. The second-order valence-electron chi connectivity index (χ2n) is 8.26. The second-order valence-corrected chi connectivity index (χ2v) is 8.26. The Balaban J connectivity index is 1.49. The molecule has 0 spiro atoms. The third-order valence-electron chi connectivity index (χ3n) is 5.77. The number of nitrogens with two attached hydrogens (primary N) is 1. The maximum absolute atomic E-state index is 14.9. The van der Waals surface area contributed by atoms with Crippen molar-refractivity contribution in [2.45, 2.75) is 26.2 Å². The highest BCUT2D eigenvalue weighted by atomic mass is 19.4. The lowest BCUT2D eigenvalue weighted by Gasteiger charge is -2.09. The maximum atomic E-state index is 14.9. The summed E-state index contributed by atoms with van der Waals surface area (Å²) in [5, 5.41) is 17.3. The molecule has 186 valence electrons. The molecule has 0 bridgehead atoms. The zero-order chi connectivity index (χ0) is 26.3. The van der Waals surface area contributed by atoms with Gasteiger partial charge in [0.15, 0.2) is 17.5 Å². The molecule has 2 N–H and O–H groups in total. The molecule has 0 aliphatic carbocycles. The van der Waals surface area contributed by atoms with Crippen molar-refractivity contribution in [1.29, 1.82) is 5.26 Å². The lowest BCUT2D eigenvalue weighted by Crippen LogP contribution is -2.16. The quantitative estimate of drug-likeness (QED) is 0.353. The highest BCUT2D eigenvalue weighted by Crippen LogP contribution is 2.29. The molecule has 0 amide bonds. The van der Waals surface area contributed by atoms with Crippen LogP contribution in [0.4, 0.5) is 23.4 Å². The van der Waals surface area contributed by atoms with Gasteiger partial charge >= 0.3 is 6.18 Å². The molecule has 0 atom stereocenters. The van der Waals surface area contributed by atoms with Crippen LogP contribution >= 0.6 is 0 Å². The average molecular weight is 507 g/mol. The van der Waals surface area contributed by atoms with E-state index in [-0.39, 0.29) is 23.8 Å². The summed E-state index contributed by atoms with van der Waals surface area (Å²) in [5.41, 5.74) is 8.58. The zero-order valence-electron chi connectivity index (χ0n) is 19.2. The molecule has 0 saturated heterocycles. The van der Waals surface area contributed by atoms with Crippen molar-refractivity contribution in [2.24, 2.45) is 0 Å². The van der Waals surface area contributed by atoms with Gasteiger partial charge in [-0.15, -0.1) is 5.10 Å². The minimum atomic E-state index is -4.39. The van der Waals surface area contributed by atoms with E-state index < -0.39 is 24.4 Å². The van der Waals surface area contributed by atoms with Crippen molar-refractivity contribution >= 4 is 16.9 Å². The van der Waals surface area contributed by atoms with Crippen LogP contribution in [-0.2, 0) is 13.1 Å². The summed E-state index contributed by atoms with van der Waals surface area (Å²) in [5.74, 6) is -1.15. The number of hydrogen-bond acceptors (Lipinski definition) is 7. The molecule has 0 radical (unpaired) electrons. The van der Waals surface area contributed by atoms with Crippen LogP contribution in [0.5, 0.6) is 0 Å². The number of fused-ring (bicyclic) bond motifs is 1. The van der Waals surface area contributed by atoms with Gasteiger partial charge in [-0.2, -0.15) is 18.4 Å². The van der Waals surface area contributed by atoms with Crippen molar-refractivity contribution in [2.75, 3.05) is 5.73 Å². The Labute approximate surface area is 206 Å². The first-order chi connectivity index (χ1) is 17.6. The van der Waals surface area contributed by atoms with Crippen molar-refractivity contribution < 1.29 is 17.6 Å². The predicted molar refractivity (Wildman–Crippen MR) is 125 cm³/mol. The van der Waals surface area contributed by atoms with Gasteiger partial charge in [-0.05, 0) is 24.6 Å². The molecule has 5 aromatic rings. The van der Waals surface area contributed by atoms with E-state index in [1.54, 1.807) is 43.3 Å². The smallest absolute Gasteiger partial charge is 0.381 e. The lowest BCUT2D eigenvalue weighted by molar-refractivity contribution is -0.139. The summed E-state index contributed by atoms with van der Waals surface area (Å²) in [6.45, 7) is 0.684. The van der Waals surface area contributed by atoms with E-state index in [4.69, 9.17) is 5.73 Å². The van der Waals surface area contributed by atoms with E-state index in [1.165, 1.54) is 10.9 Å². The van der Waals surface area contributed by atoms with E-state index in [9.17, 15) is 22.8 Å². The van der Waals surface area contributed by atoms with E-state index in [2.05, 4.69) is 31.3 Å². The summed E-state index contributed by atoms with van der Waals surface area (Å²) in [7, 11) is 0. The van der Waals surface area contributed by atoms with E-state index in [0.717, 1.165) is 10.9 Å². The first-order valence-electron chi connectivity index (χ1n) is 10.9. The van der Waals surface area contributed by atoms with Crippen molar-refractivity contribution in [3.05, 3.63) is 71.4 Å². The van der Waals surface area contributed by atoms with Crippen LogP contribution in [0.1, 0.15) is 16.7 Å². The van der Waals surface area contributed by atoms with Crippen LogP contribution in [0.3, 0.4) is 0 Å². The Hall–Kier alpha value is -4.86. The lowest BCUT2D eigenvalue weighted by atomic mass is 10.0. The van der Waals surface area contributed by atoms with Crippen molar-refractivity contribution in [1.82, 2.24) is 34.5 Å². The maximum Gasteiger partial charge on any atom is 0.406 e. The topological polar surface area (TPSA) is 124 Å². The van der Waals surface area contributed by atoms with Gasteiger partial charge in [0, 0.05) is 11.1 Å². The molecule has 2 aromatic carbocycles. The number of para-hydroxylation sites is 1. The Morgan fingerprint density at radius 2 is 1.89 bits per heavy atom. The van der Waals surface area contributed by atoms with Crippen LogP contribution in [-0.4, -0.2) is 40.7 Å². The van der Waals surface area contributed by atoms with Crippen molar-refractivity contribution in [3.63, 3.8) is 0 Å². The van der Waals surface area contributed by atoms with E-state index >= 15 is 0 Å². The van der Waals surface area contributed by atoms with E-state index in [1.807, 2.05) is 0 Å². The van der Waals surface area contributed by atoms with Crippen LogP contribution in [0.15, 0.2) is 48.9 Å². The molecule has 0 unspecified atom stereocenters. The molecule has 3 heterocycles. The number of nitrogens with zero attached hydrogens (tertiary/aromatic N) is 8. The monoisotopic (exact) mass is 507 g/mol. The minimum Gasteiger partial charge on any atom is -0.381 e. The normalized spacial score (nSPS) is 11.7. The number of hydrogen-bond donors (Lipinski definition) is 1. The van der Waals surface area contributed by atoms with Gasteiger partial charge in [0.2, 0.25) is 0 Å². The Morgan fingerprint density at radius 1 is 1.11 bits per heavy atom. The first-order valence-corrected chi connectivity index (χ1v) is 10.9. The molecule has 0 aliphatic rings. The fourth-order valence-electron chi connectivity index (χ4n) is 4.01. The number of halogens is 4. The van der Waals surface area contributed by atoms with Gasteiger partial charge in [0.1, 0.15) is 17.9 Å². The minimum absolute atomic E-state index is 0.0803. The molecular formula is C24H17F4N9. The second kappa shape index (κ2) is 8.98. The average Bonchev–Trinajstić information content (AvgIpc) is 3.48. The number of aromatic nitrogens is 7. The standard InChI is InChI=1S/C24H17F4N9/c1-13-14(8-29)4-2-6-16(13)23-32-21(19(25)22(30)33-23)17-10-37(35-34-17)9-15-5-3-7-18-20(15)31-12-36(18)11-24(26,27)28/h2-7,10,12H,9,11H2,1H3,(H2,30,32,33). The number of rotatable bonds is 5. The highest BCUT2D eigenvalue weighted by molar-refractivity contribution is 5.79. The molecule has 0 saturated carbocycles. The summed E-state index contributed by atoms with van der Waals surface area (Å²) >= 11 is 0. The number of nitrogen functional groups attached to an aromatic ring is 1. The van der Waals surface area contributed by atoms with Gasteiger partial charge in [-0.25, -0.2) is 24.0 Å². The number of nitriles is 1. The molecule has 0 fully saturated rings. The van der Waals surface area contributed by atoms with Gasteiger partial charge in [0.25, 0.3) is 0 Å². The predicted octanol–water partition coefficient (Wildman–Crippen LogP) is 4.26. The largest absolute Gasteiger partial charge is 0.406 e. The SMILES string of the molecule is Cc1c(C#N)cccc1-c1nc(N)c(F)c(-c2cn(Cc3cccc4c3ncn4CC(F)(F)F)nn2)n1. The highest BCUT2D eigenvalue weighted by Gasteiger charge is 2.29. The number of imidazole rings is 1. The van der Waals surface area contributed by atoms with Gasteiger partial charge in [-0.3, -0.25) is 0 Å². The van der Waals surface area contributed by atoms with E-state index in [0.29, 0.717) is 33.3 Å². The van der Waals surface area contributed by atoms with Crippen LogP contribution in [0.2, 0.25) is 0 Å². The summed E-state index contributed by atoms with van der Waals surface area (Å²) in [6, 6.07) is 12.0. The third-order valence-corrected chi connectivity index (χ3v) is 5.77. The molecule has 37 heavy (non-hydrogen) atoms. The summed E-state index contributed by atoms with van der Waals surface area (Å²) in [6.07, 6.45) is -1.81. The fourth-order valence-corrected chi connectivity index (χ4v) is 4.01. The molecular weight excluding hydrogens is 490 g/mol. The van der Waals surface area contributed by atoms with Gasteiger partial charge < -0.3 is 10.3 Å². The molecule has 0 aliphatic heterocycles. The Kier molecular flexibility index (Phi) is 5.79. The first kappa shape index (κ1) is 23.9. The van der Waals surface area contributed by atoms with Gasteiger partial charge in [-0.1, -0.05) is 29.5 Å². The summed E-state index contributed by atoms with van der Waals surface area (Å²) in [4.78, 5) is 12.5. The number of alkyl halides is 3. The van der Waals surface area contributed by atoms with Crippen LogP contribution in [0.25, 0.3) is 33.8 Å². The number of anilines is 1. The zero-order valence-corrected chi connectivity index (χ0v) is 19.2. The molecule has 3 aromatic heterocycles. The number of benzene rings is 2.